The summed E-state index contributed by atoms with van der Waals surface area (Å²) in [5.41, 5.74) is 5.68. The highest BCUT2D eigenvalue weighted by molar-refractivity contribution is 5.43. The molecule has 0 amide bonds. The maximum absolute atomic E-state index is 6.70. The third kappa shape index (κ3) is 4.98. The number of ether oxygens (including phenoxy) is 3. The van der Waals surface area contributed by atoms with Gasteiger partial charge in [-0.25, -0.2) is 0 Å². The van der Waals surface area contributed by atoms with E-state index >= 15 is 0 Å². The monoisotopic (exact) mass is 496 g/mol. The summed E-state index contributed by atoms with van der Waals surface area (Å²) < 4.78 is 17.6. The highest BCUT2D eigenvalue weighted by atomic mass is 16.5. The largest absolute Gasteiger partial charge is 0.493 e. The van der Waals surface area contributed by atoms with Gasteiger partial charge in [-0.3, -0.25) is 0 Å². The van der Waals surface area contributed by atoms with Crippen molar-refractivity contribution in [3.05, 3.63) is 89.0 Å². The molecule has 3 aromatic carbocycles. The molecule has 4 fully saturated rings. The lowest BCUT2D eigenvalue weighted by atomic mass is 9.48. The van der Waals surface area contributed by atoms with Gasteiger partial charge in [0.15, 0.2) is 11.5 Å². The smallest absolute Gasteiger partial charge is 0.160 e. The number of rotatable bonds is 9. The Morgan fingerprint density at radius 1 is 0.784 bits per heavy atom. The molecule has 37 heavy (non-hydrogen) atoms. The van der Waals surface area contributed by atoms with Gasteiger partial charge in [0, 0.05) is 0 Å². The Bertz CT molecular complexity index is 1190. The summed E-state index contributed by atoms with van der Waals surface area (Å²) in [6, 6.07) is 24.1. The Morgan fingerprint density at radius 2 is 1.46 bits per heavy atom. The van der Waals surface area contributed by atoms with E-state index in [-0.39, 0.29) is 6.10 Å². The van der Waals surface area contributed by atoms with Gasteiger partial charge in [0.1, 0.15) is 11.9 Å². The fraction of sp³-hybridized carbons (Fsp3) is 0.471. The van der Waals surface area contributed by atoms with Crippen LogP contribution >= 0.6 is 0 Å². The molecule has 0 radical (unpaired) electrons. The second-order valence-electron chi connectivity index (χ2n) is 12.0. The third-order valence-electron chi connectivity index (χ3n) is 9.34. The van der Waals surface area contributed by atoms with Crippen LogP contribution in [-0.4, -0.2) is 14.2 Å². The number of aryl methyl sites for hydroxylation is 2. The number of benzene rings is 3. The second-order valence-corrected chi connectivity index (χ2v) is 12.0. The Hall–Kier alpha value is -2.94. The van der Waals surface area contributed by atoms with Gasteiger partial charge in [-0.2, -0.15) is 0 Å². The molecule has 4 aliphatic carbocycles. The molecular weight excluding hydrogens is 456 g/mol. The molecule has 1 atom stereocenters. The van der Waals surface area contributed by atoms with Crippen molar-refractivity contribution in [2.24, 2.45) is 17.8 Å². The first-order valence-corrected chi connectivity index (χ1v) is 14.1. The van der Waals surface area contributed by atoms with Crippen LogP contribution < -0.4 is 14.2 Å². The zero-order valence-corrected chi connectivity index (χ0v) is 22.5. The quantitative estimate of drug-likeness (QED) is 0.299. The van der Waals surface area contributed by atoms with Gasteiger partial charge in [0.2, 0.25) is 0 Å². The van der Waals surface area contributed by atoms with Gasteiger partial charge >= 0.3 is 0 Å². The van der Waals surface area contributed by atoms with Crippen LogP contribution in [0.5, 0.6) is 17.2 Å². The number of hydrogen-bond acceptors (Lipinski definition) is 3. The molecule has 1 unspecified atom stereocenters. The van der Waals surface area contributed by atoms with E-state index in [0.717, 1.165) is 47.8 Å². The molecule has 3 nitrogen and oxygen atoms in total. The maximum Gasteiger partial charge on any atom is 0.160 e. The van der Waals surface area contributed by atoms with Crippen LogP contribution in [0.2, 0.25) is 0 Å². The van der Waals surface area contributed by atoms with E-state index in [9.17, 15) is 0 Å². The number of methoxy groups -OCH3 is 2. The summed E-state index contributed by atoms with van der Waals surface area (Å²) in [5, 5.41) is 0. The first-order valence-electron chi connectivity index (χ1n) is 14.1. The minimum Gasteiger partial charge on any atom is -0.493 e. The Balaban J connectivity index is 1.20. The van der Waals surface area contributed by atoms with Crippen molar-refractivity contribution < 1.29 is 14.2 Å². The number of hydrogen-bond donors (Lipinski definition) is 0. The summed E-state index contributed by atoms with van der Waals surface area (Å²) >= 11 is 0. The van der Waals surface area contributed by atoms with Crippen molar-refractivity contribution in [2.75, 3.05) is 14.2 Å². The molecule has 3 heteroatoms. The minimum atomic E-state index is -0.0154. The lowest BCUT2D eigenvalue weighted by Crippen LogP contribution is -2.48. The molecular formula is C34H40O3. The average Bonchev–Trinajstić information content (AvgIpc) is 2.90. The predicted molar refractivity (Wildman–Crippen MR) is 149 cm³/mol. The molecule has 4 aliphatic rings. The normalized spacial score (nSPS) is 26.6. The van der Waals surface area contributed by atoms with Crippen molar-refractivity contribution in [1.82, 2.24) is 0 Å². The van der Waals surface area contributed by atoms with Gasteiger partial charge in [-0.1, -0.05) is 48.0 Å². The molecule has 0 heterocycles. The predicted octanol–water partition coefficient (Wildman–Crippen LogP) is 8.23. The van der Waals surface area contributed by atoms with Crippen molar-refractivity contribution in [3.63, 3.8) is 0 Å². The summed E-state index contributed by atoms with van der Waals surface area (Å²) in [6.07, 6.45) is 10.4. The Kier molecular flexibility index (Phi) is 6.65. The Morgan fingerprint density at radius 3 is 2.08 bits per heavy atom. The van der Waals surface area contributed by atoms with E-state index in [0.29, 0.717) is 5.41 Å². The van der Waals surface area contributed by atoms with Gasteiger partial charge in [-0.05, 0) is 122 Å². The minimum absolute atomic E-state index is 0.0154. The average molecular weight is 497 g/mol. The standard InChI is InChI=1S/C34H40O3/c1-23-5-4-6-28(15-23)31(13-7-24-8-14-32(35-2)33(19-24)36-3)37-30-11-9-29(10-12-30)34-20-25-16-26(21-34)18-27(17-25)22-34/h4-6,8-12,14-15,19,25-27,31H,7,13,16-18,20-22H2,1-3H3. The van der Waals surface area contributed by atoms with E-state index in [1.54, 1.807) is 19.8 Å². The highest BCUT2D eigenvalue weighted by Gasteiger charge is 2.51. The van der Waals surface area contributed by atoms with Gasteiger partial charge < -0.3 is 14.2 Å². The molecule has 0 saturated heterocycles. The molecule has 4 saturated carbocycles. The zero-order chi connectivity index (χ0) is 25.4. The van der Waals surface area contributed by atoms with Crippen LogP contribution in [0.15, 0.2) is 66.7 Å². The summed E-state index contributed by atoms with van der Waals surface area (Å²) in [4.78, 5) is 0. The molecule has 0 N–H and O–H groups in total. The van der Waals surface area contributed by atoms with Crippen LogP contribution in [0.25, 0.3) is 0 Å². The molecule has 4 bridgehead atoms. The molecule has 0 aromatic heterocycles. The van der Waals surface area contributed by atoms with E-state index in [4.69, 9.17) is 14.2 Å². The van der Waals surface area contributed by atoms with Crippen LogP contribution in [0, 0.1) is 24.7 Å². The van der Waals surface area contributed by atoms with Gasteiger partial charge in [-0.15, -0.1) is 0 Å². The van der Waals surface area contributed by atoms with Crippen LogP contribution in [0.4, 0.5) is 0 Å². The van der Waals surface area contributed by atoms with Crippen LogP contribution in [0.1, 0.15) is 73.3 Å². The van der Waals surface area contributed by atoms with Crippen LogP contribution in [0.3, 0.4) is 0 Å². The van der Waals surface area contributed by atoms with Crippen LogP contribution in [-0.2, 0) is 11.8 Å². The van der Waals surface area contributed by atoms with Gasteiger partial charge in [0.25, 0.3) is 0 Å². The highest BCUT2D eigenvalue weighted by Crippen LogP contribution is 2.60. The molecule has 194 valence electrons. The van der Waals surface area contributed by atoms with Gasteiger partial charge in [0.05, 0.1) is 14.2 Å². The fourth-order valence-electron chi connectivity index (χ4n) is 8.01. The van der Waals surface area contributed by atoms with Crippen molar-refractivity contribution >= 4 is 0 Å². The summed E-state index contributed by atoms with van der Waals surface area (Å²) in [5.74, 6) is 5.38. The SMILES string of the molecule is COc1ccc(CCC(Oc2ccc(C34CC5CC(CC(C5)C3)C4)cc2)c2cccc(C)c2)cc1OC. The first-order chi connectivity index (χ1) is 18.0. The van der Waals surface area contributed by atoms with E-state index < -0.39 is 0 Å². The van der Waals surface area contributed by atoms with E-state index in [2.05, 4.69) is 67.6 Å². The lowest BCUT2D eigenvalue weighted by Gasteiger charge is -2.57. The Labute approximate surface area is 222 Å². The first kappa shape index (κ1) is 24.4. The van der Waals surface area contributed by atoms with E-state index in [1.165, 1.54) is 55.2 Å². The molecule has 0 aliphatic heterocycles. The summed E-state index contributed by atoms with van der Waals surface area (Å²) in [6.45, 7) is 2.15. The summed E-state index contributed by atoms with van der Waals surface area (Å²) in [7, 11) is 3.36. The lowest BCUT2D eigenvalue weighted by molar-refractivity contribution is -0.00521. The van der Waals surface area contributed by atoms with E-state index in [1.807, 2.05) is 6.07 Å². The maximum atomic E-state index is 6.70. The molecule has 7 rings (SSSR count). The van der Waals surface area contributed by atoms with Crippen molar-refractivity contribution in [2.45, 2.75) is 69.8 Å². The fourth-order valence-corrected chi connectivity index (χ4v) is 8.01. The second kappa shape index (κ2) is 10.1. The molecule has 0 spiro atoms. The zero-order valence-electron chi connectivity index (χ0n) is 22.5. The topological polar surface area (TPSA) is 27.7 Å². The third-order valence-corrected chi connectivity index (χ3v) is 9.34. The molecule has 3 aromatic rings. The van der Waals surface area contributed by atoms with Crippen molar-refractivity contribution in [1.29, 1.82) is 0 Å². The van der Waals surface area contributed by atoms with Crippen molar-refractivity contribution in [3.8, 4) is 17.2 Å².